The predicted octanol–water partition coefficient (Wildman–Crippen LogP) is 3.88. The fraction of sp³-hybridized carbons (Fsp3) is 0.647. The Bertz CT molecular complexity index is 451. The third-order valence-corrected chi connectivity index (χ3v) is 4.67. The summed E-state index contributed by atoms with van der Waals surface area (Å²) in [6.07, 6.45) is 1.41. The van der Waals surface area contributed by atoms with Crippen molar-refractivity contribution in [2.75, 3.05) is 7.05 Å². The maximum Gasteiger partial charge on any atom is 0.120 e. The Kier molecular flexibility index (Phi) is 3.91. The van der Waals surface area contributed by atoms with Crippen molar-refractivity contribution >= 4 is 0 Å². The van der Waals surface area contributed by atoms with Crippen LogP contribution < -0.4 is 10.1 Å². The van der Waals surface area contributed by atoms with Gasteiger partial charge in [0.1, 0.15) is 11.9 Å². The molecule has 1 fully saturated rings. The number of hydrogen-bond donors (Lipinski definition) is 1. The molecule has 2 atom stereocenters. The number of hydrogen-bond acceptors (Lipinski definition) is 2. The number of nitrogens with one attached hydrogen (secondary N) is 1. The van der Waals surface area contributed by atoms with Gasteiger partial charge in [0.25, 0.3) is 0 Å². The van der Waals surface area contributed by atoms with Crippen LogP contribution in [-0.2, 0) is 0 Å². The van der Waals surface area contributed by atoms with Gasteiger partial charge in [-0.3, -0.25) is 0 Å². The molecule has 0 saturated heterocycles. The van der Waals surface area contributed by atoms with Gasteiger partial charge < -0.3 is 10.1 Å². The molecule has 0 aromatic heterocycles. The Morgan fingerprint density at radius 3 is 2.47 bits per heavy atom. The van der Waals surface area contributed by atoms with Gasteiger partial charge in [-0.1, -0.05) is 33.8 Å². The second-order valence-corrected chi connectivity index (χ2v) is 6.68. The van der Waals surface area contributed by atoms with Crippen LogP contribution in [0.2, 0.25) is 0 Å². The molecule has 0 spiro atoms. The van der Waals surface area contributed by atoms with Crippen LogP contribution in [0.5, 0.6) is 5.75 Å². The zero-order valence-corrected chi connectivity index (χ0v) is 13.1. The molecule has 1 aliphatic carbocycles. The van der Waals surface area contributed by atoms with Crippen LogP contribution >= 0.6 is 0 Å². The highest BCUT2D eigenvalue weighted by Gasteiger charge is 2.49. The lowest BCUT2D eigenvalue weighted by Gasteiger charge is -2.51. The molecule has 0 aliphatic heterocycles. The van der Waals surface area contributed by atoms with Gasteiger partial charge in [0.2, 0.25) is 0 Å². The molecule has 19 heavy (non-hydrogen) atoms. The molecule has 0 bridgehead atoms. The molecule has 2 unspecified atom stereocenters. The van der Waals surface area contributed by atoms with E-state index >= 15 is 0 Å². The zero-order chi connectivity index (χ0) is 14.2. The molecule has 1 aromatic rings. The lowest BCUT2D eigenvalue weighted by molar-refractivity contribution is -0.0521. The van der Waals surface area contributed by atoms with Gasteiger partial charge in [-0.05, 0) is 43.1 Å². The van der Waals surface area contributed by atoms with E-state index in [-0.39, 0.29) is 5.41 Å². The van der Waals surface area contributed by atoms with E-state index in [4.69, 9.17) is 4.74 Å². The number of benzene rings is 1. The molecule has 2 heteroatoms. The van der Waals surface area contributed by atoms with Crippen molar-refractivity contribution in [1.29, 1.82) is 0 Å². The number of rotatable bonds is 4. The summed E-state index contributed by atoms with van der Waals surface area (Å²) < 4.78 is 6.17. The van der Waals surface area contributed by atoms with E-state index in [9.17, 15) is 0 Å². The highest BCUT2D eigenvalue weighted by Crippen LogP contribution is 2.43. The molecule has 1 aromatic carbocycles. The SMILES string of the molecule is CNC1CC(Oc2ccc(C(C)C)c(C)c2)C1(C)C. The van der Waals surface area contributed by atoms with Crippen LogP contribution in [0.3, 0.4) is 0 Å². The summed E-state index contributed by atoms with van der Waals surface area (Å²) in [5.74, 6) is 1.58. The first-order valence-electron chi connectivity index (χ1n) is 7.30. The van der Waals surface area contributed by atoms with Crippen LogP contribution in [0.4, 0.5) is 0 Å². The summed E-state index contributed by atoms with van der Waals surface area (Å²) in [5.41, 5.74) is 2.95. The Morgan fingerprint density at radius 2 is 2.00 bits per heavy atom. The number of aryl methyl sites for hydroxylation is 1. The van der Waals surface area contributed by atoms with Gasteiger partial charge in [-0.25, -0.2) is 0 Å². The minimum Gasteiger partial charge on any atom is -0.490 e. The summed E-state index contributed by atoms with van der Waals surface area (Å²) >= 11 is 0. The van der Waals surface area contributed by atoms with Gasteiger partial charge in [0.15, 0.2) is 0 Å². The predicted molar refractivity (Wildman–Crippen MR) is 80.9 cm³/mol. The van der Waals surface area contributed by atoms with Crippen LogP contribution in [-0.4, -0.2) is 19.2 Å². The van der Waals surface area contributed by atoms with Crippen LogP contribution in [0.1, 0.15) is 51.2 Å². The highest BCUT2D eigenvalue weighted by molar-refractivity contribution is 5.36. The van der Waals surface area contributed by atoms with Crippen LogP contribution in [0.15, 0.2) is 18.2 Å². The smallest absolute Gasteiger partial charge is 0.120 e. The molecule has 1 aliphatic rings. The maximum absolute atomic E-state index is 6.17. The van der Waals surface area contributed by atoms with E-state index in [0.29, 0.717) is 18.1 Å². The van der Waals surface area contributed by atoms with Crippen molar-refractivity contribution in [3.8, 4) is 5.75 Å². The molecule has 0 radical (unpaired) electrons. The molecule has 0 heterocycles. The lowest BCUT2D eigenvalue weighted by atomic mass is 9.64. The molecule has 2 nitrogen and oxygen atoms in total. The summed E-state index contributed by atoms with van der Waals surface area (Å²) in [4.78, 5) is 0. The van der Waals surface area contributed by atoms with Crippen molar-refractivity contribution in [2.24, 2.45) is 5.41 Å². The maximum atomic E-state index is 6.17. The topological polar surface area (TPSA) is 21.3 Å². The normalized spacial score (nSPS) is 25.2. The van der Waals surface area contributed by atoms with E-state index in [1.165, 1.54) is 11.1 Å². The van der Waals surface area contributed by atoms with Crippen molar-refractivity contribution in [1.82, 2.24) is 5.32 Å². The highest BCUT2D eigenvalue weighted by atomic mass is 16.5. The van der Waals surface area contributed by atoms with E-state index < -0.39 is 0 Å². The Labute approximate surface area is 117 Å². The van der Waals surface area contributed by atoms with E-state index in [0.717, 1.165) is 12.2 Å². The Balaban J connectivity index is 2.07. The number of ether oxygens (including phenoxy) is 1. The fourth-order valence-corrected chi connectivity index (χ4v) is 3.11. The third kappa shape index (κ3) is 2.64. The second kappa shape index (κ2) is 5.16. The molecular formula is C17H27NO. The third-order valence-electron chi connectivity index (χ3n) is 4.67. The Morgan fingerprint density at radius 1 is 1.32 bits per heavy atom. The van der Waals surface area contributed by atoms with Gasteiger partial charge in [0.05, 0.1) is 0 Å². The molecule has 1 N–H and O–H groups in total. The first kappa shape index (κ1) is 14.4. The fourth-order valence-electron chi connectivity index (χ4n) is 3.11. The summed E-state index contributed by atoms with van der Waals surface area (Å²) in [5, 5.41) is 3.36. The van der Waals surface area contributed by atoms with E-state index in [2.05, 4.69) is 58.1 Å². The van der Waals surface area contributed by atoms with Crippen molar-refractivity contribution in [3.05, 3.63) is 29.3 Å². The van der Waals surface area contributed by atoms with Gasteiger partial charge in [0, 0.05) is 17.9 Å². The second-order valence-electron chi connectivity index (χ2n) is 6.68. The monoisotopic (exact) mass is 261 g/mol. The summed E-state index contributed by atoms with van der Waals surface area (Å²) in [7, 11) is 2.03. The lowest BCUT2D eigenvalue weighted by Crippen LogP contribution is -2.61. The van der Waals surface area contributed by atoms with Gasteiger partial charge in [-0.15, -0.1) is 0 Å². The average Bonchev–Trinajstić information content (AvgIpc) is 2.33. The Hall–Kier alpha value is -1.02. The zero-order valence-electron chi connectivity index (χ0n) is 13.1. The van der Waals surface area contributed by atoms with Gasteiger partial charge in [-0.2, -0.15) is 0 Å². The van der Waals surface area contributed by atoms with Crippen molar-refractivity contribution in [2.45, 2.75) is 59.1 Å². The molecule has 2 rings (SSSR count). The van der Waals surface area contributed by atoms with Crippen molar-refractivity contribution < 1.29 is 4.74 Å². The van der Waals surface area contributed by atoms with E-state index in [1.54, 1.807) is 0 Å². The summed E-state index contributed by atoms with van der Waals surface area (Å²) in [6, 6.07) is 7.06. The van der Waals surface area contributed by atoms with Crippen LogP contribution in [0.25, 0.3) is 0 Å². The quantitative estimate of drug-likeness (QED) is 0.888. The molecule has 106 valence electrons. The first-order valence-corrected chi connectivity index (χ1v) is 7.30. The standard InChI is InChI=1S/C17H27NO/c1-11(2)14-8-7-13(9-12(14)3)19-16-10-15(18-6)17(16,4)5/h7-9,11,15-16,18H,10H2,1-6H3. The molecule has 0 amide bonds. The first-order chi connectivity index (χ1) is 8.86. The van der Waals surface area contributed by atoms with Crippen molar-refractivity contribution in [3.63, 3.8) is 0 Å². The molecular weight excluding hydrogens is 234 g/mol. The van der Waals surface area contributed by atoms with E-state index in [1.807, 2.05) is 7.05 Å². The minimum absolute atomic E-state index is 0.208. The summed E-state index contributed by atoms with van der Waals surface area (Å²) in [6.45, 7) is 11.2. The van der Waals surface area contributed by atoms with Gasteiger partial charge >= 0.3 is 0 Å². The average molecular weight is 261 g/mol. The van der Waals surface area contributed by atoms with Crippen LogP contribution in [0, 0.1) is 12.3 Å². The minimum atomic E-state index is 0.208. The molecule has 1 saturated carbocycles. The largest absolute Gasteiger partial charge is 0.490 e.